The number of nitrogen functional groups attached to an aromatic ring is 1. The molecule has 140 valence electrons. The lowest BCUT2D eigenvalue weighted by Gasteiger charge is -2.16. The summed E-state index contributed by atoms with van der Waals surface area (Å²) in [4.78, 5) is 12.2. The van der Waals surface area contributed by atoms with E-state index in [0.29, 0.717) is 23.8 Å². The summed E-state index contributed by atoms with van der Waals surface area (Å²) in [6.45, 7) is 2.41. The maximum absolute atomic E-state index is 14.2. The second-order valence-electron chi connectivity index (χ2n) is 6.65. The molecule has 1 aliphatic rings. The van der Waals surface area contributed by atoms with Crippen molar-refractivity contribution in [1.82, 2.24) is 5.32 Å². The van der Waals surface area contributed by atoms with E-state index < -0.39 is 5.82 Å². The number of nitrogens with one attached hydrogen (secondary N) is 1. The molecule has 3 N–H and O–H groups in total. The standard InChI is InChI=1S/C20H23FN2O2.ClH/c1-13(23-20(24)10-14-4-7-17(22)8-5-14)16-6-9-19(18(21)11-16)25-12-15-2-3-15;/h4-9,11,13,15H,2-3,10,12,22H2,1H3,(H,23,24);1H. The van der Waals surface area contributed by atoms with E-state index in [2.05, 4.69) is 5.32 Å². The third kappa shape index (κ3) is 5.63. The zero-order chi connectivity index (χ0) is 17.8. The molecular weight excluding hydrogens is 355 g/mol. The first-order chi connectivity index (χ1) is 12.0. The van der Waals surface area contributed by atoms with Crippen molar-refractivity contribution in [2.75, 3.05) is 12.3 Å². The van der Waals surface area contributed by atoms with Crippen LogP contribution in [0.4, 0.5) is 10.1 Å². The van der Waals surface area contributed by atoms with Gasteiger partial charge in [0.05, 0.1) is 19.1 Å². The van der Waals surface area contributed by atoms with Gasteiger partial charge in [0.2, 0.25) is 5.91 Å². The number of rotatable bonds is 7. The number of halogens is 2. The molecule has 1 fully saturated rings. The second-order valence-corrected chi connectivity index (χ2v) is 6.65. The minimum Gasteiger partial charge on any atom is -0.490 e. The summed E-state index contributed by atoms with van der Waals surface area (Å²) in [6, 6.07) is 11.7. The van der Waals surface area contributed by atoms with Gasteiger partial charge in [0, 0.05) is 5.69 Å². The van der Waals surface area contributed by atoms with Crippen LogP contribution in [0.15, 0.2) is 42.5 Å². The first-order valence-electron chi connectivity index (χ1n) is 8.57. The van der Waals surface area contributed by atoms with E-state index in [4.69, 9.17) is 10.5 Å². The number of benzene rings is 2. The number of carbonyl (C=O) groups is 1. The number of carbonyl (C=O) groups excluding carboxylic acids is 1. The number of hydrogen-bond acceptors (Lipinski definition) is 3. The number of nitrogens with two attached hydrogens (primary N) is 1. The highest BCUT2D eigenvalue weighted by Gasteiger charge is 2.22. The Hall–Kier alpha value is -2.27. The van der Waals surface area contributed by atoms with Crippen LogP contribution in [-0.2, 0) is 11.2 Å². The Morgan fingerprint density at radius 1 is 1.27 bits per heavy atom. The normalized spacial score (nSPS) is 14.2. The third-order valence-electron chi connectivity index (χ3n) is 4.35. The van der Waals surface area contributed by atoms with Gasteiger partial charge < -0.3 is 15.8 Å². The van der Waals surface area contributed by atoms with Crippen molar-refractivity contribution in [3.8, 4) is 5.75 Å². The zero-order valence-corrected chi connectivity index (χ0v) is 15.5. The minimum absolute atomic E-state index is 0. The second kappa shape index (κ2) is 8.90. The van der Waals surface area contributed by atoms with Gasteiger partial charge in [0.25, 0.3) is 0 Å². The highest BCUT2D eigenvalue weighted by atomic mass is 35.5. The molecule has 2 aromatic rings. The van der Waals surface area contributed by atoms with E-state index in [9.17, 15) is 9.18 Å². The molecule has 0 radical (unpaired) electrons. The van der Waals surface area contributed by atoms with Gasteiger partial charge in [-0.3, -0.25) is 4.79 Å². The molecule has 1 saturated carbocycles. The van der Waals surface area contributed by atoms with Gasteiger partial charge in [0.15, 0.2) is 11.6 Å². The molecule has 3 rings (SSSR count). The van der Waals surface area contributed by atoms with Crippen LogP contribution < -0.4 is 15.8 Å². The van der Waals surface area contributed by atoms with Gasteiger partial charge in [-0.25, -0.2) is 4.39 Å². The Morgan fingerprint density at radius 3 is 2.58 bits per heavy atom. The smallest absolute Gasteiger partial charge is 0.224 e. The SMILES string of the molecule is CC(NC(=O)Cc1ccc(N)cc1)c1ccc(OCC2CC2)c(F)c1.Cl. The molecule has 0 saturated heterocycles. The van der Waals surface area contributed by atoms with Crippen LogP contribution in [0.25, 0.3) is 0 Å². The lowest BCUT2D eigenvalue weighted by molar-refractivity contribution is -0.121. The summed E-state index contributed by atoms with van der Waals surface area (Å²) < 4.78 is 19.6. The van der Waals surface area contributed by atoms with Crippen molar-refractivity contribution >= 4 is 24.0 Å². The molecule has 0 bridgehead atoms. The molecular formula is C20H24ClFN2O2. The van der Waals surface area contributed by atoms with Gasteiger partial charge >= 0.3 is 0 Å². The summed E-state index contributed by atoms with van der Waals surface area (Å²) in [5.41, 5.74) is 7.89. The first-order valence-corrected chi connectivity index (χ1v) is 8.57. The van der Waals surface area contributed by atoms with E-state index in [1.807, 2.05) is 19.1 Å². The van der Waals surface area contributed by atoms with Crippen molar-refractivity contribution in [3.05, 3.63) is 59.4 Å². The molecule has 4 nitrogen and oxygen atoms in total. The van der Waals surface area contributed by atoms with Crippen LogP contribution >= 0.6 is 12.4 Å². The molecule has 0 spiro atoms. The molecule has 1 aliphatic carbocycles. The monoisotopic (exact) mass is 378 g/mol. The average molecular weight is 379 g/mol. The molecule has 1 amide bonds. The summed E-state index contributed by atoms with van der Waals surface area (Å²) in [7, 11) is 0. The van der Waals surface area contributed by atoms with Crippen LogP contribution in [0, 0.1) is 11.7 Å². The van der Waals surface area contributed by atoms with E-state index in [-0.39, 0.29) is 36.5 Å². The number of amides is 1. The van der Waals surface area contributed by atoms with Gasteiger partial charge in [0.1, 0.15) is 0 Å². The van der Waals surface area contributed by atoms with Gasteiger partial charge in [-0.15, -0.1) is 12.4 Å². The highest BCUT2D eigenvalue weighted by molar-refractivity contribution is 5.85. The van der Waals surface area contributed by atoms with Crippen molar-refractivity contribution in [2.45, 2.75) is 32.2 Å². The van der Waals surface area contributed by atoms with Crippen molar-refractivity contribution in [1.29, 1.82) is 0 Å². The summed E-state index contributed by atoms with van der Waals surface area (Å²) in [5.74, 6) is 0.339. The van der Waals surface area contributed by atoms with Crippen LogP contribution in [-0.4, -0.2) is 12.5 Å². The van der Waals surface area contributed by atoms with E-state index in [1.54, 1.807) is 24.3 Å². The summed E-state index contributed by atoms with van der Waals surface area (Å²) in [5, 5.41) is 2.89. The average Bonchev–Trinajstić information content (AvgIpc) is 3.40. The minimum atomic E-state index is -0.391. The fourth-order valence-corrected chi connectivity index (χ4v) is 2.59. The Kier molecular flexibility index (Phi) is 6.86. The van der Waals surface area contributed by atoms with Crippen molar-refractivity contribution in [3.63, 3.8) is 0 Å². The molecule has 1 unspecified atom stereocenters. The summed E-state index contributed by atoms with van der Waals surface area (Å²) >= 11 is 0. The maximum Gasteiger partial charge on any atom is 0.224 e. The van der Waals surface area contributed by atoms with E-state index in [1.165, 1.54) is 6.07 Å². The Balaban J connectivity index is 0.00000243. The largest absolute Gasteiger partial charge is 0.490 e. The fourth-order valence-electron chi connectivity index (χ4n) is 2.59. The van der Waals surface area contributed by atoms with Crippen LogP contribution in [0.5, 0.6) is 5.75 Å². The lowest BCUT2D eigenvalue weighted by Crippen LogP contribution is -2.28. The van der Waals surface area contributed by atoms with Crippen molar-refractivity contribution < 1.29 is 13.9 Å². The number of hydrogen-bond donors (Lipinski definition) is 2. The van der Waals surface area contributed by atoms with Gasteiger partial charge in [-0.05, 0) is 61.1 Å². The van der Waals surface area contributed by atoms with Crippen molar-refractivity contribution in [2.24, 2.45) is 5.92 Å². The van der Waals surface area contributed by atoms with Gasteiger partial charge in [-0.2, -0.15) is 0 Å². The van der Waals surface area contributed by atoms with Crippen LogP contribution in [0.1, 0.15) is 36.9 Å². The predicted octanol–water partition coefficient (Wildman–Crippen LogP) is 4.04. The lowest BCUT2D eigenvalue weighted by atomic mass is 10.1. The van der Waals surface area contributed by atoms with E-state index >= 15 is 0 Å². The Bertz CT molecular complexity index is 748. The number of anilines is 1. The van der Waals surface area contributed by atoms with Gasteiger partial charge in [-0.1, -0.05) is 18.2 Å². The van der Waals surface area contributed by atoms with Crippen LogP contribution in [0.2, 0.25) is 0 Å². The zero-order valence-electron chi connectivity index (χ0n) is 14.7. The molecule has 26 heavy (non-hydrogen) atoms. The Morgan fingerprint density at radius 2 is 1.96 bits per heavy atom. The predicted molar refractivity (Wildman–Crippen MR) is 103 cm³/mol. The quantitative estimate of drug-likeness (QED) is 0.715. The molecule has 1 atom stereocenters. The molecule has 0 aliphatic heterocycles. The first kappa shape index (κ1) is 20.0. The molecule has 2 aromatic carbocycles. The molecule has 0 heterocycles. The number of ether oxygens (including phenoxy) is 1. The Labute approximate surface area is 159 Å². The molecule has 0 aromatic heterocycles. The molecule has 6 heteroatoms. The van der Waals surface area contributed by atoms with Crippen LogP contribution in [0.3, 0.4) is 0 Å². The highest BCUT2D eigenvalue weighted by Crippen LogP contribution is 2.30. The topological polar surface area (TPSA) is 64.4 Å². The summed E-state index contributed by atoms with van der Waals surface area (Å²) in [6.07, 6.45) is 2.59. The maximum atomic E-state index is 14.2. The van der Waals surface area contributed by atoms with E-state index in [0.717, 1.165) is 18.4 Å². The third-order valence-corrected chi connectivity index (χ3v) is 4.35. The fraction of sp³-hybridized carbons (Fsp3) is 0.350.